The summed E-state index contributed by atoms with van der Waals surface area (Å²) in [7, 11) is 1.59. The minimum Gasteiger partial charge on any atom is -0.493 e. The van der Waals surface area contributed by atoms with Crippen molar-refractivity contribution >= 4 is 11.6 Å². The van der Waals surface area contributed by atoms with E-state index in [1.807, 2.05) is 24.3 Å². The SMILES string of the molecule is C=CCc1ccc(OCc2ccc(C(=O)Nc3ccc4c(c3)OCCO4)o2)c(OC)c1. The van der Waals surface area contributed by atoms with Crippen molar-refractivity contribution in [2.75, 3.05) is 25.6 Å². The third kappa shape index (κ3) is 4.83. The van der Waals surface area contributed by atoms with Crippen molar-refractivity contribution in [3.8, 4) is 23.0 Å². The molecule has 160 valence electrons. The van der Waals surface area contributed by atoms with Crippen LogP contribution in [-0.4, -0.2) is 26.2 Å². The molecule has 1 amide bonds. The maximum atomic E-state index is 12.5. The van der Waals surface area contributed by atoms with Gasteiger partial charge in [0, 0.05) is 11.8 Å². The maximum absolute atomic E-state index is 12.5. The summed E-state index contributed by atoms with van der Waals surface area (Å²) in [6.07, 6.45) is 2.58. The fourth-order valence-corrected chi connectivity index (χ4v) is 3.17. The summed E-state index contributed by atoms with van der Waals surface area (Å²) in [4.78, 5) is 12.5. The first-order valence-electron chi connectivity index (χ1n) is 9.86. The third-order valence-electron chi connectivity index (χ3n) is 4.66. The number of carbonyl (C=O) groups excluding carboxylic acids is 1. The first-order chi connectivity index (χ1) is 15.2. The molecule has 0 spiro atoms. The highest BCUT2D eigenvalue weighted by atomic mass is 16.6. The Morgan fingerprint density at radius 1 is 1.06 bits per heavy atom. The summed E-state index contributed by atoms with van der Waals surface area (Å²) < 4.78 is 27.9. The molecule has 7 heteroatoms. The average Bonchev–Trinajstić information content (AvgIpc) is 3.27. The molecule has 2 aromatic carbocycles. The van der Waals surface area contributed by atoms with Crippen molar-refractivity contribution in [1.29, 1.82) is 0 Å². The highest BCUT2D eigenvalue weighted by Gasteiger charge is 2.16. The van der Waals surface area contributed by atoms with Gasteiger partial charge in [-0.15, -0.1) is 6.58 Å². The maximum Gasteiger partial charge on any atom is 0.291 e. The molecular weight excluding hydrogens is 398 g/mol. The lowest BCUT2D eigenvalue weighted by Crippen LogP contribution is -2.16. The molecular formula is C24H23NO6. The Labute approximate surface area is 180 Å². The molecule has 0 radical (unpaired) electrons. The summed E-state index contributed by atoms with van der Waals surface area (Å²) in [5.74, 6) is 2.82. The van der Waals surface area contributed by atoms with E-state index in [0.717, 1.165) is 12.0 Å². The second-order valence-electron chi connectivity index (χ2n) is 6.85. The summed E-state index contributed by atoms with van der Waals surface area (Å²) in [6, 6.07) is 14.3. The quantitative estimate of drug-likeness (QED) is 0.535. The number of methoxy groups -OCH3 is 1. The lowest BCUT2D eigenvalue weighted by molar-refractivity contribution is 0.0992. The van der Waals surface area contributed by atoms with Gasteiger partial charge in [-0.2, -0.15) is 0 Å². The number of furan rings is 1. The molecule has 0 fully saturated rings. The van der Waals surface area contributed by atoms with Crippen LogP contribution in [0.3, 0.4) is 0 Å². The van der Waals surface area contributed by atoms with E-state index in [1.165, 1.54) is 0 Å². The van der Waals surface area contributed by atoms with Crippen LogP contribution in [0.1, 0.15) is 21.9 Å². The standard InChI is InChI=1S/C24H23NO6/c1-3-4-16-5-8-19(22(13-16)27-2)30-15-18-7-10-21(31-18)24(26)25-17-6-9-20-23(14-17)29-12-11-28-20/h3,5-10,13-14H,1,4,11-12,15H2,2H3,(H,25,26). The van der Waals surface area contributed by atoms with Crippen LogP contribution in [0, 0.1) is 0 Å². The number of hydrogen-bond donors (Lipinski definition) is 1. The van der Waals surface area contributed by atoms with Crippen molar-refractivity contribution in [2.24, 2.45) is 0 Å². The van der Waals surface area contributed by atoms with E-state index in [2.05, 4.69) is 11.9 Å². The number of nitrogens with one attached hydrogen (secondary N) is 1. The Hall–Kier alpha value is -3.87. The molecule has 0 aliphatic carbocycles. The van der Waals surface area contributed by atoms with Crippen LogP contribution in [0.25, 0.3) is 0 Å². The predicted octanol–water partition coefficient (Wildman–Crippen LogP) is 4.62. The first kappa shape index (κ1) is 20.4. The minimum absolute atomic E-state index is 0.161. The molecule has 0 atom stereocenters. The molecule has 3 aromatic rings. The van der Waals surface area contributed by atoms with Crippen molar-refractivity contribution in [2.45, 2.75) is 13.0 Å². The molecule has 0 saturated heterocycles. The molecule has 1 aliphatic heterocycles. The zero-order chi connectivity index (χ0) is 21.6. The van der Waals surface area contributed by atoms with Crippen molar-refractivity contribution in [1.82, 2.24) is 0 Å². The van der Waals surface area contributed by atoms with Gasteiger partial charge in [0.1, 0.15) is 25.6 Å². The molecule has 2 heterocycles. The number of amides is 1. The van der Waals surface area contributed by atoms with Gasteiger partial charge in [0.15, 0.2) is 28.8 Å². The Balaban J connectivity index is 1.38. The monoisotopic (exact) mass is 421 g/mol. The average molecular weight is 421 g/mol. The van der Waals surface area contributed by atoms with Gasteiger partial charge in [0.25, 0.3) is 5.91 Å². The largest absolute Gasteiger partial charge is 0.493 e. The third-order valence-corrected chi connectivity index (χ3v) is 4.66. The molecule has 4 rings (SSSR count). The number of allylic oxidation sites excluding steroid dienone is 1. The number of anilines is 1. The lowest BCUT2D eigenvalue weighted by atomic mass is 10.1. The van der Waals surface area contributed by atoms with E-state index >= 15 is 0 Å². The van der Waals surface area contributed by atoms with Crippen LogP contribution < -0.4 is 24.3 Å². The van der Waals surface area contributed by atoms with E-state index < -0.39 is 0 Å². The summed E-state index contributed by atoms with van der Waals surface area (Å²) >= 11 is 0. The summed E-state index contributed by atoms with van der Waals surface area (Å²) in [5.41, 5.74) is 1.67. The first-order valence-corrected chi connectivity index (χ1v) is 9.86. The van der Waals surface area contributed by atoms with E-state index in [0.29, 0.717) is 47.7 Å². The molecule has 0 saturated carbocycles. The van der Waals surface area contributed by atoms with Gasteiger partial charge < -0.3 is 28.7 Å². The van der Waals surface area contributed by atoms with Gasteiger partial charge in [-0.05, 0) is 48.4 Å². The summed E-state index contributed by atoms with van der Waals surface area (Å²) in [5, 5.41) is 2.79. The van der Waals surface area contributed by atoms with Crippen molar-refractivity contribution in [3.63, 3.8) is 0 Å². The van der Waals surface area contributed by atoms with Crippen LogP contribution >= 0.6 is 0 Å². The van der Waals surface area contributed by atoms with E-state index in [4.69, 9.17) is 23.4 Å². The number of ether oxygens (including phenoxy) is 4. The molecule has 7 nitrogen and oxygen atoms in total. The second kappa shape index (κ2) is 9.30. The van der Waals surface area contributed by atoms with Gasteiger partial charge in [0.2, 0.25) is 0 Å². The normalized spacial score (nSPS) is 12.2. The zero-order valence-corrected chi connectivity index (χ0v) is 17.2. The Bertz CT molecular complexity index is 1090. The molecule has 31 heavy (non-hydrogen) atoms. The van der Waals surface area contributed by atoms with Gasteiger partial charge >= 0.3 is 0 Å². The molecule has 1 N–H and O–H groups in total. The molecule has 0 bridgehead atoms. The van der Waals surface area contributed by atoms with Crippen LogP contribution in [-0.2, 0) is 13.0 Å². The molecule has 1 aliphatic rings. The minimum atomic E-state index is -0.366. The van der Waals surface area contributed by atoms with Gasteiger partial charge in [-0.3, -0.25) is 4.79 Å². The summed E-state index contributed by atoms with van der Waals surface area (Å²) in [6.45, 7) is 4.90. The topological polar surface area (TPSA) is 79.2 Å². The number of rotatable bonds is 8. The van der Waals surface area contributed by atoms with Crippen LogP contribution in [0.2, 0.25) is 0 Å². The van der Waals surface area contributed by atoms with Crippen LogP contribution in [0.4, 0.5) is 5.69 Å². The highest BCUT2D eigenvalue weighted by molar-refractivity contribution is 6.02. The molecule has 1 aromatic heterocycles. The Morgan fingerprint density at radius 2 is 1.90 bits per heavy atom. The van der Waals surface area contributed by atoms with Gasteiger partial charge in [-0.25, -0.2) is 0 Å². The van der Waals surface area contributed by atoms with E-state index in [1.54, 1.807) is 37.4 Å². The van der Waals surface area contributed by atoms with E-state index in [-0.39, 0.29) is 18.3 Å². The number of carbonyl (C=O) groups is 1. The zero-order valence-electron chi connectivity index (χ0n) is 17.2. The van der Waals surface area contributed by atoms with Crippen molar-refractivity contribution < 1.29 is 28.2 Å². The predicted molar refractivity (Wildman–Crippen MR) is 115 cm³/mol. The van der Waals surface area contributed by atoms with E-state index in [9.17, 15) is 4.79 Å². The van der Waals surface area contributed by atoms with Crippen LogP contribution in [0.15, 0.2) is 65.6 Å². The second-order valence-corrected chi connectivity index (χ2v) is 6.85. The Kier molecular flexibility index (Phi) is 6.12. The smallest absolute Gasteiger partial charge is 0.291 e. The number of benzene rings is 2. The lowest BCUT2D eigenvalue weighted by Gasteiger charge is -2.18. The van der Waals surface area contributed by atoms with Gasteiger partial charge in [-0.1, -0.05) is 12.1 Å². The molecule has 0 unspecified atom stereocenters. The van der Waals surface area contributed by atoms with Gasteiger partial charge in [0.05, 0.1) is 7.11 Å². The Morgan fingerprint density at radius 3 is 2.71 bits per heavy atom. The number of fused-ring (bicyclic) bond motifs is 1. The van der Waals surface area contributed by atoms with Crippen molar-refractivity contribution in [3.05, 3.63) is 78.3 Å². The number of hydrogen-bond acceptors (Lipinski definition) is 6. The van der Waals surface area contributed by atoms with Crippen LogP contribution in [0.5, 0.6) is 23.0 Å². The fourth-order valence-electron chi connectivity index (χ4n) is 3.17. The fraction of sp³-hybridized carbons (Fsp3) is 0.208. The highest BCUT2D eigenvalue weighted by Crippen LogP contribution is 2.33.